The SMILES string of the molecule is COc1ccccc1C=C1SC(=S)N(c2cccc(C)c2)C1=O. The van der Waals surface area contributed by atoms with Crippen molar-refractivity contribution in [3.63, 3.8) is 0 Å². The maximum absolute atomic E-state index is 12.7. The van der Waals surface area contributed by atoms with Crippen LogP contribution in [0, 0.1) is 6.92 Å². The Morgan fingerprint density at radius 3 is 2.70 bits per heavy atom. The van der Waals surface area contributed by atoms with Gasteiger partial charge in [-0.15, -0.1) is 0 Å². The van der Waals surface area contributed by atoms with E-state index in [0.717, 1.165) is 22.6 Å². The summed E-state index contributed by atoms with van der Waals surface area (Å²) in [5.74, 6) is 0.629. The quantitative estimate of drug-likeness (QED) is 0.611. The van der Waals surface area contributed by atoms with E-state index in [9.17, 15) is 4.79 Å². The zero-order valence-electron chi connectivity index (χ0n) is 12.8. The minimum Gasteiger partial charge on any atom is -0.496 e. The van der Waals surface area contributed by atoms with E-state index in [1.807, 2.05) is 61.5 Å². The average molecular weight is 341 g/mol. The summed E-state index contributed by atoms with van der Waals surface area (Å²) in [5, 5.41) is 0. The van der Waals surface area contributed by atoms with Gasteiger partial charge in [-0.25, -0.2) is 0 Å². The molecule has 23 heavy (non-hydrogen) atoms. The van der Waals surface area contributed by atoms with Crippen LogP contribution in [0.15, 0.2) is 53.4 Å². The second-order valence-corrected chi connectivity index (χ2v) is 6.77. The number of methoxy groups -OCH3 is 1. The van der Waals surface area contributed by atoms with E-state index in [1.165, 1.54) is 11.8 Å². The molecule has 2 aromatic carbocycles. The van der Waals surface area contributed by atoms with Crippen LogP contribution in [0.25, 0.3) is 6.08 Å². The van der Waals surface area contributed by atoms with Gasteiger partial charge in [-0.3, -0.25) is 9.69 Å². The first-order chi connectivity index (χ1) is 11.1. The highest BCUT2D eigenvalue weighted by Gasteiger charge is 2.33. The largest absolute Gasteiger partial charge is 0.496 e. The summed E-state index contributed by atoms with van der Waals surface area (Å²) in [7, 11) is 1.62. The molecule has 1 aliphatic rings. The maximum Gasteiger partial charge on any atom is 0.270 e. The van der Waals surface area contributed by atoms with Crippen molar-refractivity contribution < 1.29 is 9.53 Å². The number of benzene rings is 2. The average Bonchev–Trinajstić information content (AvgIpc) is 2.82. The number of aryl methyl sites for hydroxylation is 1. The molecule has 0 saturated carbocycles. The van der Waals surface area contributed by atoms with Crippen LogP contribution in [0.4, 0.5) is 5.69 Å². The van der Waals surface area contributed by atoms with Crippen LogP contribution in [-0.4, -0.2) is 17.3 Å². The number of carbonyl (C=O) groups excluding carboxylic acids is 1. The monoisotopic (exact) mass is 341 g/mol. The van der Waals surface area contributed by atoms with Gasteiger partial charge in [0.25, 0.3) is 5.91 Å². The normalized spacial score (nSPS) is 16.3. The molecular weight excluding hydrogens is 326 g/mol. The lowest BCUT2D eigenvalue weighted by atomic mass is 10.1. The van der Waals surface area contributed by atoms with Gasteiger partial charge in [0.05, 0.1) is 17.7 Å². The number of thioether (sulfide) groups is 1. The number of rotatable bonds is 3. The van der Waals surface area contributed by atoms with Crippen molar-refractivity contribution in [3.8, 4) is 5.75 Å². The third-order valence-corrected chi connectivity index (χ3v) is 4.78. The summed E-state index contributed by atoms with van der Waals surface area (Å²) < 4.78 is 5.88. The molecule has 0 aromatic heterocycles. The lowest BCUT2D eigenvalue weighted by Crippen LogP contribution is -2.27. The smallest absolute Gasteiger partial charge is 0.270 e. The van der Waals surface area contributed by atoms with Gasteiger partial charge >= 0.3 is 0 Å². The fourth-order valence-electron chi connectivity index (χ4n) is 2.38. The van der Waals surface area contributed by atoms with Crippen LogP contribution < -0.4 is 9.64 Å². The first-order valence-corrected chi connectivity index (χ1v) is 8.30. The molecule has 0 N–H and O–H groups in total. The Bertz CT molecular complexity index is 814. The number of para-hydroxylation sites is 1. The molecule has 1 fully saturated rings. The van der Waals surface area contributed by atoms with Gasteiger partial charge in [0.15, 0.2) is 4.32 Å². The summed E-state index contributed by atoms with van der Waals surface area (Å²) >= 11 is 6.70. The minimum absolute atomic E-state index is 0.100. The van der Waals surface area contributed by atoms with E-state index in [2.05, 4.69) is 0 Å². The fraction of sp³-hybridized carbons (Fsp3) is 0.111. The van der Waals surface area contributed by atoms with Gasteiger partial charge in [0, 0.05) is 5.56 Å². The number of thiocarbonyl (C=S) groups is 1. The number of carbonyl (C=O) groups is 1. The third-order valence-electron chi connectivity index (χ3n) is 3.48. The summed E-state index contributed by atoms with van der Waals surface area (Å²) in [4.78, 5) is 14.9. The molecule has 116 valence electrons. The molecule has 0 aliphatic carbocycles. The maximum atomic E-state index is 12.7. The minimum atomic E-state index is -0.100. The Morgan fingerprint density at radius 1 is 1.17 bits per heavy atom. The predicted octanol–water partition coefficient (Wildman–Crippen LogP) is 4.41. The molecule has 1 amide bonds. The Morgan fingerprint density at radius 2 is 1.96 bits per heavy atom. The van der Waals surface area contributed by atoms with Crippen molar-refractivity contribution >= 4 is 46.0 Å². The molecule has 0 radical (unpaired) electrons. The number of hydrogen-bond acceptors (Lipinski definition) is 4. The molecule has 0 unspecified atom stereocenters. The molecule has 1 aliphatic heterocycles. The van der Waals surface area contributed by atoms with E-state index in [0.29, 0.717) is 9.23 Å². The van der Waals surface area contributed by atoms with Crippen LogP contribution in [-0.2, 0) is 4.79 Å². The van der Waals surface area contributed by atoms with Gasteiger partial charge in [-0.2, -0.15) is 0 Å². The number of ether oxygens (including phenoxy) is 1. The van der Waals surface area contributed by atoms with Crippen LogP contribution in [0.5, 0.6) is 5.75 Å². The second kappa shape index (κ2) is 6.56. The van der Waals surface area contributed by atoms with Gasteiger partial charge in [-0.1, -0.05) is 54.3 Å². The standard InChI is InChI=1S/C18H15NO2S2/c1-12-6-5-8-14(10-12)19-17(20)16(23-18(19)22)11-13-7-3-4-9-15(13)21-2/h3-11H,1-2H3. The Labute approximate surface area is 144 Å². The van der Waals surface area contributed by atoms with Gasteiger partial charge in [0.1, 0.15) is 5.75 Å². The molecule has 5 heteroatoms. The number of anilines is 1. The lowest BCUT2D eigenvalue weighted by molar-refractivity contribution is -0.113. The first kappa shape index (κ1) is 15.8. The molecule has 1 heterocycles. The predicted molar refractivity (Wildman–Crippen MR) is 99.8 cm³/mol. The van der Waals surface area contributed by atoms with Crippen molar-refractivity contribution in [2.75, 3.05) is 12.0 Å². The number of nitrogens with zero attached hydrogens (tertiary/aromatic N) is 1. The van der Waals surface area contributed by atoms with Gasteiger partial charge < -0.3 is 4.74 Å². The molecule has 2 aromatic rings. The van der Waals surface area contributed by atoms with Crippen molar-refractivity contribution in [2.45, 2.75) is 6.92 Å². The number of amides is 1. The fourth-order valence-corrected chi connectivity index (χ4v) is 3.67. The Hall–Kier alpha value is -2.11. The van der Waals surface area contributed by atoms with Crippen molar-refractivity contribution in [1.82, 2.24) is 0 Å². The summed E-state index contributed by atoms with van der Waals surface area (Å²) in [6, 6.07) is 15.4. The van der Waals surface area contributed by atoms with Gasteiger partial charge in [0.2, 0.25) is 0 Å². The topological polar surface area (TPSA) is 29.5 Å². The van der Waals surface area contributed by atoms with Crippen molar-refractivity contribution in [3.05, 3.63) is 64.6 Å². The van der Waals surface area contributed by atoms with Crippen molar-refractivity contribution in [2.24, 2.45) is 0 Å². The summed E-state index contributed by atoms with van der Waals surface area (Å²) in [6.45, 7) is 1.99. The second-order valence-electron chi connectivity index (χ2n) is 5.10. The molecule has 0 atom stereocenters. The molecule has 1 saturated heterocycles. The van der Waals surface area contributed by atoms with E-state index in [4.69, 9.17) is 17.0 Å². The zero-order chi connectivity index (χ0) is 16.4. The summed E-state index contributed by atoms with van der Waals surface area (Å²) in [6.07, 6.45) is 1.83. The Kier molecular flexibility index (Phi) is 4.50. The summed E-state index contributed by atoms with van der Waals surface area (Å²) in [5.41, 5.74) is 2.75. The number of hydrogen-bond donors (Lipinski definition) is 0. The third kappa shape index (κ3) is 3.16. The molecule has 0 spiro atoms. The molecular formula is C18H15NO2S2. The highest BCUT2D eigenvalue weighted by Crippen LogP contribution is 2.37. The van der Waals surface area contributed by atoms with Crippen LogP contribution in [0.3, 0.4) is 0 Å². The Balaban J connectivity index is 1.97. The molecule has 0 bridgehead atoms. The van der Waals surface area contributed by atoms with E-state index in [-0.39, 0.29) is 5.91 Å². The van der Waals surface area contributed by atoms with Crippen LogP contribution in [0.1, 0.15) is 11.1 Å². The van der Waals surface area contributed by atoms with E-state index < -0.39 is 0 Å². The van der Waals surface area contributed by atoms with E-state index >= 15 is 0 Å². The van der Waals surface area contributed by atoms with Gasteiger partial charge in [-0.05, 0) is 36.8 Å². The van der Waals surface area contributed by atoms with E-state index in [1.54, 1.807) is 12.0 Å². The lowest BCUT2D eigenvalue weighted by Gasteiger charge is -2.14. The first-order valence-electron chi connectivity index (χ1n) is 7.08. The highest BCUT2D eigenvalue weighted by molar-refractivity contribution is 8.27. The van der Waals surface area contributed by atoms with Crippen molar-refractivity contribution in [1.29, 1.82) is 0 Å². The molecule has 3 nitrogen and oxygen atoms in total. The molecule has 3 rings (SSSR count). The van der Waals surface area contributed by atoms with Crippen LogP contribution >= 0.6 is 24.0 Å². The zero-order valence-corrected chi connectivity index (χ0v) is 14.4. The highest BCUT2D eigenvalue weighted by atomic mass is 32.2. The van der Waals surface area contributed by atoms with Crippen LogP contribution in [0.2, 0.25) is 0 Å².